The van der Waals surface area contributed by atoms with E-state index in [1.165, 1.54) is 6.07 Å². The van der Waals surface area contributed by atoms with Crippen molar-refractivity contribution < 1.29 is 27.4 Å². The molecule has 0 bridgehead atoms. The molecule has 34 heavy (non-hydrogen) atoms. The molecule has 0 spiro atoms. The monoisotopic (exact) mass is 507 g/mol. The second-order valence-electron chi connectivity index (χ2n) is 7.43. The fourth-order valence-corrected chi connectivity index (χ4v) is 3.94. The van der Waals surface area contributed by atoms with Gasteiger partial charge in [0.25, 0.3) is 5.91 Å². The van der Waals surface area contributed by atoms with Crippen molar-refractivity contribution in [3.8, 4) is 11.5 Å². The predicted octanol–water partition coefficient (Wildman–Crippen LogP) is 7.48. The van der Waals surface area contributed by atoms with E-state index < -0.39 is 17.6 Å². The number of anilines is 1. The van der Waals surface area contributed by atoms with Gasteiger partial charge in [0.15, 0.2) is 11.5 Å². The Morgan fingerprint density at radius 1 is 0.971 bits per heavy atom. The third kappa shape index (κ3) is 5.16. The molecule has 9 heteroatoms. The summed E-state index contributed by atoms with van der Waals surface area (Å²) >= 11 is 12.1. The van der Waals surface area contributed by atoms with E-state index in [1.807, 2.05) is 6.92 Å². The first-order chi connectivity index (χ1) is 16.2. The van der Waals surface area contributed by atoms with E-state index in [0.29, 0.717) is 39.3 Å². The van der Waals surface area contributed by atoms with Crippen LogP contribution in [0.25, 0.3) is 11.6 Å². The molecule has 4 nitrogen and oxygen atoms in total. The first-order valence-corrected chi connectivity index (χ1v) is 11.0. The Kier molecular flexibility index (Phi) is 6.77. The van der Waals surface area contributed by atoms with Crippen LogP contribution in [0.5, 0.6) is 11.5 Å². The summed E-state index contributed by atoms with van der Waals surface area (Å²) in [5.74, 6) is 0.444. The van der Waals surface area contributed by atoms with Crippen molar-refractivity contribution in [3.05, 3.63) is 86.9 Å². The molecule has 0 atom stereocenters. The van der Waals surface area contributed by atoms with Gasteiger partial charge in [0.2, 0.25) is 0 Å². The molecule has 0 unspecified atom stereocenters. The number of alkyl halides is 3. The number of hydrogen-bond donors (Lipinski definition) is 1. The fourth-order valence-electron chi connectivity index (χ4n) is 3.48. The molecule has 176 valence electrons. The Morgan fingerprint density at radius 3 is 2.47 bits per heavy atom. The maximum absolute atomic E-state index is 13.0. The van der Waals surface area contributed by atoms with Crippen LogP contribution in [-0.4, -0.2) is 12.5 Å². The Hall–Kier alpha value is -3.16. The lowest BCUT2D eigenvalue weighted by Gasteiger charge is -2.13. The number of hydrogen-bond acceptors (Lipinski definition) is 3. The number of fused-ring (bicyclic) bond motifs is 1. The highest BCUT2D eigenvalue weighted by Crippen LogP contribution is 2.39. The van der Waals surface area contributed by atoms with E-state index in [1.54, 1.807) is 42.5 Å². The molecule has 0 radical (unpaired) electrons. The second kappa shape index (κ2) is 9.60. The van der Waals surface area contributed by atoms with Crippen LogP contribution in [0.15, 0.2) is 54.6 Å². The maximum atomic E-state index is 13.0. The Bertz CT molecular complexity index is 1290. The molecule has 1 heterocycles. The summed E-state index contributed by atoms with van der Waals surface area (Å²) in [6, 6.07) is 13.4. The van der Waals surface area contributed by atoms with Gasteiger partial charge in [0.1, 0.15) is 6.61 Å². The number of amides is 1. The van der Waals surface area contributed by atoms with Gasteiger partial charge in [-0.2, -0.15) is 13.2 Å². The van der Waals surface area contributed by atoms with Gasteiger partial charge in [0.05, 0.1) is 12.2 Å². The summed E-state index contributed by atoms with van der Waals surface area (Å²) in [5, 5.41) is 3.49. The van der Waals surface area contributed by atoms with Gasteiger partial charge in [-0.05, 0) is 55.0 Å². The predicted molar refractivity (Wildman–Crippen MR) is 126 cm³/mol. The zero-order valence-electron chi connectivity index (χ0n) is 17.8. The van der Waals surface area contributed by atoms with Gasteiger partial charge in [-0.3, -0.25) is 4.79 Å². The number of nitrogens with one attached hydrogen (secondary N) is 1. The van der Waals surface area contributed by atoms with Gasteiger partial charge in [-0.25, -0.2) is 0 Å². The molecule has 0 fully saturated rings. The third-order valence-corrected chi connectivity index (χ3v) is 5.69. The standard InChI is InChI=1S/C25H18Cl2F3NO3/c1-2-33-23-10-14(3-8-22(23)34-13-15-4-6-17(26)12-20(15)27)9-19-18-7-5-16(25(28,29)30)11-21(18)31-24(19)32/h3-12H,2,13H2,1H3,(H,31,32)/b19-9-. The lowest BCUT2D eigenvalue weighted by molar-refractivity contribution is -0.137. The summed E-state index contributed by atoms with van der Waals surface area (Å²) in [4.78, 5) is 12.5. The molecule has 4 rings (SSSR count). The Morgan fingerprint density at radius 2 is 1.76 bits per heavy atom. The first-order valence-electron chi connectivity index (χ1n) is 10.2. The van der Waals surface area contributed by atoms with Crippen molar-refractivity contribution in [2.75, 3.05) is 11.9 Å². The van der Waals surface area contributed by atoms with E-state index in [4.69, 9.17) is 32.7 Å². The third-order valence-electron chi connectivity index (χ3n) is 5.11. The van der Waals surface area contributed by atoms with Crippen LogP contribution in [-0.2, 0) is 17.6 Å². The maximum Gasteiger partial charge on any atom is 0.416 e. The molecule has 1 amide bonds. The van der Waals surface area contributed by atoms with Crippen LogP contribution >= 0.6 is 23.2 Å². The van der Waals surface area contributed by atoms with E-state index in [0.717, 1.165) is 17.7 Å². The molecule has 0 aliphatic carbocycles. The fraction of sp³-hybridized carbons (Fsp3) is 0.160. The Balaban J connectivity index is 1.61. The molecule has 0 aromatic heterocycles. The van der Waals surface area contributed by atoms with E-state index in [-0.39, 0.29) is 17.9 Å². The minimum absolute atomic E-state index is 0.121. The number of carbonyl (C=O) groups is 1. The molecule has 0 saturated carbocycles. The lowest BCUT2D eigenvalue weighted by Crippen LogP contribution is -2.06. The first kappa shape index (κ1) is 24.0. The van der Waals surface area contributed by atoms with Crippen LogP contribution in [0.3, 0.4) is 0 Å². The number of ether oxygens (including phenoxy) is 2. The molecule has 1 aliphatic rings. The molecule has 3 aromatic rings. The Labute approximate surface area is 203 Å². The highest BCUT2D eigenvalue weighted by atomic mass is 35.5. The number of halogens is 5. The minimum Gasteiger partial charge on any atom is -0.490 e. The van der Waals surface area contributed by atoms with Crippen LogP contribution in [0, 0.1) is 0 Å². The van der Waals surface area contributed by atoms with Gasteiger partial charge in [-0.1, -0.05) is 41.4 Å². The quantitative estimate of drug-likeness (QED) is 0.351. The van der Waals surface area contributed by atoms with Crippen molar-refractivity contribution in [3.63, 3.8) is 0 Å². The normalized spacial score (nSPS) is 14.2. The van der Waals surface area contributed by atoms with Crippen molar-refractivity contribution in [2.45, 2.75) is 19.7 Å². The van der Waals surface area contributed by atoms with Gasteiger partial charge in [-0.15, -0.1) is 0 Å². The highest BCUT2D eigenvalue weighted by molar-refractivity contribution is 6.35. The second-order valence-corrected chi connectivity index (χ2v) is 8.28. The molecule has 0 saturated heterocycles. The minimum atomic E-state index is -4.50. The van der Waals surface area contributed by atoms with Crippen molar-refractivity contribution in [2.24, 2.45) is 0 Å². The van der Waals surface area contributed by atoms with Gasteiger partial charge >= 0.3 is 6.18 Å². The van der Waals surface area contributed by atoms with Gasteiger partial charge in [0, 0.05) is 32.4 Å². The van der Waals surface area contributed by atoms with Crippen LogP contribution < -0.4 is 14.8 Å². The lowest BCUT2D eigenvalue weighted by atomic mass is 10.0. The molecular formula is C25H18Cl2F3NO3. The smallest absolute Gasteiger partial charge is 0.416 e. The summed E-state index contributed by atoms with van der Waals surface area (Å²) in [7, 11) is 0. The number of rotatable bonds is 6. The summed E-state index contributed by atoms with van der Waals surface area (Å²) in [6.45, 7) is 2.39. The van der Waals surface area contributed by atoms with Crippen LogP contribution in [0.4, 0.5) is 18.9 Å². The van der Waals surface area contributed by atoms with E-state index >= 15 is 0 Å². The number of benzene rings is 3. The van der Waals surface area contributed by atoms with Crippen LogP contribution in [0.1, 0.15) is 29.2 Å². The van der Waals surface area contributed by atoms with Crippen molar-refractivity contribution >= 4 is 46.4 Å². The largest absolute Gasteiger partial charge is 0.490 e. The van der Waals surface area contributed by atoms with Crippen molar-refractivity contribution in [1.29, 1.82) is 0 Å². The van der Waals surface area contributed by atoms with E-state index in [9.17, 15) is 18.0 Å². The topological polar surface area (TPSA) is 47.6 Å². The summed E-state index contributed by atoms with van der Waals surface area (Å²) in [5.41, 5.74) is 1.32. The van der Waals surface area contributed by atoms with Crippen LogP contribution in [0.2, 0.25) is 10.0 Å². The number of carbonyl (C=O) groups excluding carboxylic acids is 1. The highest BCUT2D eigenvalue weighted by Gasteiger charge is 2.33. The average Bonchev–Trinajstić information content (AvgIpc) is 3.08. The van der Waals surface area contributed by atoms with Gasteiger partial charge < -0.3 is 14.8 Å². The van der Waals surface area contributed by atoms with E-state index in [2.05, 4.69) is 5.32 Å². The zero-order chi connectivity index (χ0) is 24.5. The summed E-state index contributed by atoms with van der Waals surface area (Å²) < 4.78 is 50.6. The molecule has 3 aromatic carbocycles. The summed E-state index contributed by atoms with van der Waals surface area (Å²) in [6.07, 6.45) is -2.90. The zero-order valence-corrected chi connectivity index (χ0v) is 19.3. The average molecular weight is 508 g/mol. The molecule has 1 aliphatic heterocycles. The van der Waals surface area contributed by atoms with Crippen molar-refractivity contribution in [1.82, 2.24) is 0 Å². The SMILES string of the molecule is CCOc1cc(/C=C2\C(=O)Nc3cc(C(F)(F)F)ccc32)ccc1OCc1ccc(Cl)cc1Cl. The molecule has 1 N–H and O–H groups in total. The molecular weight excluding hydrogens is 490 g/mol.